The molecule has 0 spiro atoms. The van der Waals surface area contributed by atoms with Crippen LogP contribution in [0.15, 0.2) is 48.5 Å². The molecule has 1 fully saturated rings. The van der Waals surface area contributed by atoms with Crippen molar-refractivity contribution in [1.29, 1.82) is 0 Å². The van der Waals surface area contributed by atoms with Gasteiger partial charge in [0.15, 0.2) is 6.10 Å². The Bertz CT molecular complexity index is 990. The number of alkyl carbamates (subject to hydrolysis) is 1. The van der Waals surface area contributed by atoms with E-state index in [2.05, 4.69) is 22.8 Å². The monoisotopic (exact) mass is 452 g/mol. The summed E-state index contributed by atoms with van der Waals surface area (Å²) >= 11 is 0. The lowest BCUT2D eigenvalue weighted by Gasteiger charge is -2.21. The smallest absolute Gasteiger partial charge is 0.407 e. The first-order valence-corrected chi connectivity index (χ1v) is 11.1. The predicted molar refractivity (Wildman–Crippen MR) is 121 cm³/mol. The van der Waals surface area contributed by atoms with E-state index in [1.165, 1.54) is 7.11 Å². The van der Waals surface area contributed by atoms with Gasteiger partial charge in [-0.05, 0) is 41.0 Å². The van der Waals surface area contributed by atoms with Crippen LogP contribution >= 0.6 is 0 Å². The number of hydrogen-bond donors (Lipinski definition) is 3. The summed E-state index contributed by atoms with van der Waals surface area (Å²) in [5, 5.41) is 14.4. The van der Waals surface area contributed by atoms with Gasteiger partial charge in [0.05, 0.1) is 13.0 Å². The van der Waals surface area contributed by atoms with Crippen molar-refractivity contribution in [2.75, 3.05) is 20.3 Å². The molecule has 2 aliphatic rings. The van der Waals surface area contributed by atoms with Gasteiger partial charge < -0.3 is 25.2 Å². The lowest BCUT2D eigenvalue weighted by Crippen LogP contribution is -2.48. The average Bonchev–Trinajstić information content (AvgIpc) is 3.60. The zero-order chi connectivity index (χ0) is 23.4. The van der Waals surface area contributed by atoms with Crippen LogP contribution in [0.2, 0.25) is 0 Å². The molecule has 1 saturated carbocycles. The Balaban J connectivity index is 1.30. The lowest BCUT2D eigenvalue weighted by atomic mass is 9.98. The number of carboxylic acids is 1. The van der Waals surface area contributed by atoms with E-state index >= 15 is 0 Å². The number of carbonyl (C=O) groups is 3. The molecule has 0 aliphatic heterocycles. The molecule has 2 unspecified atom stereocenters. The Morgan fingerprint density at radius 1 is 1.03 bits per heavy atom. The normalized spacial score (nSPS) is 16.3. The molecular weight excluding hydrogens is 424 g/mol. The minimum absolute atomic E-state index is 0.0556. The Kier molecular flexibility index (Phi) is 6.93. The second-order valence-corrected chi connectivity index (χ2v) is 8.48. The number of benzene rings is 2. The topological polar surface area (TPSA) is 114 Å². The highest BCUT2D eigenvalue weighted by Crippen LogP contribution is 2.44. The van der Waals surface area contributed by atoms with Crippen LogP contribution < -0.4 is 10.6 Å². The zero-order valence-corrected chi connectivity index (χ0v) is 18.5. The third-order valence-electron chi connectivity index (χ3n) is 6.27. The molecule has 0 heterocycles. The molecule has 33 heavy (non-hydrogen) atoms. The van der Waals surface area contributed by atoms with Crippen molar-refractivity contribution in [2.24, 2.45) is 5.92 Å². The number of amides is 2. The lowest BCUT2D eigenvalue weighted by molar-refractivity contribution is -0.138. The number of methoxy groups -OCH3 is 1. The van der Waals surface area contributed by atoms with Gasteiger partial charge in [-0.3, -0.25) is 9.59 Å². The number of carbonyl (C=O) groups excluding carboxylic acids is 2. The van der Waals surface area contributed by atoms with Crippen molar-refractivity contribution in [3.8, 4) is 11.1 Å². The van der Waals surface area contributed by atoms with Crippen LogP contribution in [0.3, 0.4) is 0 Å². The molecular formula is C25H28N2O6. The van der Waals surface area contributed by atoms with Gasteiger partial charge in [-0.15, -0.1) is 0 Å². The third-order valence-corrected chi connectivity index (χ3v) is 6.27. The highest BCUT2D eigenvalue weighted by molar-refractivity contribution is 5.83. The van der Waals surface area contributed by atoms with E-state index in [0.717, 1.165) is 35.1 Å². The van der Waals surface area contributed by atoms with Crippen molar-refractivity contribution in [3.05, 3.63) is 59.7 Å². The summed E-state index contributed by atoms with van der Waals surface area (Å²) < 4.78 is 10.7. The van der Waals surface area contributed by atoms with Crippen LogP contribution in [-0.2, 0) is 19.1 Å². The molecule has 0 radical (unpaired) electrons. The van der Waals surface area contributed by atoms with Crippen molar-refractivity contribution in [2.45, 2.75) is 37.3 Å². The molecule has 2 atom stereocenters. The molecule has 4 rings (SSSR count). The quantitative estimate of drug-likeness (QED) is 0.511. The van der Waals surface area contributed by atoms with Crippen LogP contribution in [-0.4, -0.2) is 55.5 Å². The Morgan fingerprint density at radius 2 is 1.64 bits per heavy atom. The number of rotatable bonds is 10. The molecule has 2 aromatic rings. The average molecular weight is 453 g/mol. The van der Waals surface area contributed by atoms with Crippen molar-refractivity contribution < 1.29 is 29.0 Å². The standard InChI is InChI=1S/C25H28N2O6/c1-32-22(24(30)27-21(12-23(28)29)15-10-11-15)13-26-25(31)33-14-20-18-8-4-2-6-16(18)17-7-3-5-9-19(17)20/h2-9,15,20-22H,10-14H2,1H3,(H,26,31)(H,27,30)(H,28,29). The largest absolute Gasteiger partial charge is 0.481 e. The maximum absolute atomic E-state index is 12.5. The van der Waals surface area contributed by atoms with Crippen LogP contribution in [0.4, 0.5) is 4.79 Å². The Labute approximate surface area is 192 Å². The van der Waals surface area contributed by atoms with Crippen molar-refractivity contribution in [1.82, 2.24) is 10.6 Å². The number of carboxylic acid groups (broad SMARTS) is 1. The highest BCUT2D eigenvalue weighted by Gasteiger charge is 2.35. The fourth-order valence-electron chi connectivity index (χ4n) is 4.41. The second kappa shape index (κ2) is 10.0. The van der Waals surface area contributed by atoms with Crippen molar-refractivity contribution >= 4 is 18.0 Å². The van der Waals surface area contributed by atoms with E-state index in [4.69, 9.17) is 14.6 Å². The van der Waals surface area contributed by atoms with Gasteiger partial charge >= 0.3 is 12.1 Å². The summed E-state index contributed by atoms with van der Waals surface area (Å²) in [6, 6.07) is 15.7. The minimum atomic E-state index is -0.960. The maximum Gasteiger partial charge on any atom is 0.407 e. The van der Waals surface area contributed by atoms with E-state index < -0.39 is 30.1 Å². The Hall–Kier alpha value is -3.39. The number of fused-ring (bicyclic) bond motifs is 3. The number of ether oxygens (including phenoxy) is 2. The van der Waals surface area contributed by atoms with Gasteiger partial charge in [-0.1, -0.05) is 48.5 Å². The van der Waals surface area contributed by atoms with Gasteiger partial charge in [0.1, 0.15) is 6.61 Å². The fraction of sp³-hybridized carbons (Fsp3) is 0.400. The SMILES string of the molecule is COC(CNC(=O)OCC1c2ccccc2-c2ccccc21)C(=O)NC(CC(=O)O)C1CC1. The fourth-order valence-corrected chi connectivity index (χ4v) is 4.41. The Morgan fingerprint density at radius 3 is 2.18 bits per heavy atom. The summed E-state index contributed by atoms with van der Waals surface area (Å²) in [6.07, 6.45) is 0.0746. The van der Waals surface area contributed by atoms with Gasteiger partial charge in [0, 0.05) is 19.1 Å². The van der Waals surface area contributed by atoms with Gasteiger partial charge in [-0.25, -0.2) is 4.79 Å². The van der Waals surface area contributed by atoms with Gasteiger partial charge in [-0.2, -0.15) is 0 Å². The summed E-state index contributed by atoms with van der Waals surface area (Å²) in [7, 11) is 1.37. The molecule has 2 amide bonds. The van der Waals surface area contributed by atoms with Crippen LogP contribution in [0.1, 0.15) is 36.3 Å². The minimum Gasteiger partial charge on any atom is -0.481 e. The maximum atomic E-state index is 12.5. The summed E-state index contributed by atoms with van der Waals surface area (Å²) in [5.74, 6) is -1.29. The first-order chi connectivity index (χ1) is 16.0. The molecule has 174 valence electrons. The predicted octanol–water partition coefficient (Wildman–Crippen LogP) is 2.91. The van der Waals surface area contributed by atoms with E-state index in [0.29, 0.717) is 0 Å². The molecule has 0 aromatic heterocycles. The molecule has 8 heteroatoms. The molecule has 2 aromatic carbocycles. The zero-order valence-electron chi connectivity index (χ0n) is 18.5. The number of nitrogens with one attached hydrogen (secondary N) is 2. The molecule has 8 nitrogen and oxygen atoms in total. The third kappa shape index (κ3) is 5.34. The summed E-state index contributed by atoms with van der Waals surface area (Å²) in [4.78, 5) is 35.9. The van der Waals surface area contributed by atoms with Crippen LogP contribution in [0, 0.1) is 5.92 Å². The molecule has 3 N–H and O–H groups in total. The highest BCUT2D eigenvalue weighted by atomic mass is 16.5. The van der Waals surface area contributed by atoms with E-state index in [-0.39, 0.29) is 31.4 Å². The number of hydrogen-bond acceptors (Lipinski definition) is 5. The summed E-state index contributed by atoms with van der Waals surface area (Å²) in [6.45, 7) is 0.0928. The molecule has 2 aliphatic carbocycles. The van der Waals surface area contributed by atoms with E-state index in [9.17, 15) is 14.4 Å². The van der Waals surface area contributed by atoms with Gasteiger partial charge in [0.25, 0.3) is 5.91 Å². The summed E-state index contributed by atoms with van der Waals surface area (Å²) in [5.41, 5.74) is 4.52. The molecule has 0 saturated heterocycles. The second-order valence-electron chi connectivity index (χ2n) is 8.48. The van der Waals surface area contributed by atoms with E-state index in [1.54, 1.807) is 0 Å². The number of aliphatic carboxylic acids is 1. The van der Waals surface area contributed by atoms with Crippen LogP contribution in [0.5, 0.6) is 0 Å². The van der Waals surface area contributed by atoms with Crippen LogP contribution in [0.25, 0.3) is 11.1 Å². The van der Waals surface area contributed by atoms with E-state index in [1.807, 2.05) is 36.4 Å². The van der Waals surface area contributed by atoms with Gasteiger partial charge in [0.2, 0.25) is 0 Å². The van der Waals surface area contributed by atoms with Crippen molar-refractivity contribution in [3.63, 3.8) is 0 Å². The first kappa shape index (κ1) is 22.8. The molecule has 0 bridgehead atoms. The first-order valence-electron chi connectivity index (χ1n) is 11.1.